The van der Waals surface area contributed by atoms with Crippen LogP contribution in [-0.4, -0.2) is 42.9 Å². The lowest BCUT2D eigenvalue weighted by Crippen LogP contribution is -2.50. The predicted octanol–water partition coefficient (Wildman–Crippen LogP) is 3.34. The zero-order chi connectivity index (χ0) is 16.8. The molecule has 24 heavy (non-hydrogen) atoms. The van der Waals surface area contributed by atoms with E-state index in [-0.39, 0.29) is 24.2 Å². The smallest absolute Gasteiger partial charge is 0.247 e. The van der Waals surface area contributed by atoms with Crippen LogP contribution in [0.3, 0.4) is 0 Å². The van der Waals surface area contributed by atoms with Crippen molar-refractivity contribution in [3.8, 4) is 0 Å². The van der Waals surface area contributed by atoms with Gasteiger partial charge in [-0.25, -0.2) is 0 Å². The molecule has 2 rings (SSSR count). The van der Waals surface area contributed by atoms with E-state index in [0.717, 1.165) is 12.8 Å². The average Bonchev–Trinajstić information content (AvgIpc) is 2.56. The summed E-state index contributed by atoms with van der Waals surface area (Å²) in [6.45, 7) is 1.22. The largest absolute Gasteiger partial charge is 0.331 e. The second kappa shape index (κ2) is 10.1. The summed E-state index contributed by atoms with van der Waals surface area (Å²) in [5, 5.41) is 6.67. The number of carbonyl (C=O) groups is 2. The van der Waals surface area contributed by atoms with Crippen LogP contribution in [0.5, 0.6) is 0 Å². The molecule has 0 saturated carbocycles. The lowest BCUT2D eigenvalue weighted by atomic mass is 10.0. The van der Waals surface area contributed by atoms with Crippen LogP contribution >= 0.6 is 35.6 Å². The van der Waals surface area contributed by atoms with E-state index in [0.29, 0.717) is 41.7 Å². The van der Waals surface area contributed by atoms with Crippen LogP contribution in [0.25, 0.3) is 0 Å². The topological polar surface area (TPSA) is 61.4 Å². The van der Waals surface area contributed by atoms with Crippen LogP contribution in [0.1, 0.15) is 25.7 Å². The SMILES string of the molecule is CNCCC(=O)N1CCCCC1C(=O)Nc1cc(Cl)ccc1Cl.Cl. The third-order valence-electron chi connectivity index (χ3n) is 3.90. The Kier molecular flexibility index (Phi) is 8.84. The first-order valence-electron chi connectivity index (χ1n) is 7.73. The number of rotatable bonds is 5. The van der Waals surface area contributed by atoms with Crippen molar-refractivity contribution in [3.63, 3.8) is 0 Å². The first kappa shape index (κ1) is 21.0. The quantitative estimate of drug-likeness (QED) is 0.805. The molecule has 0 aromatic heterocycles. The van der Waals surface area contributed by atoms with Gasteiger partial charge >= 0.3 is 0 Å². The van der Waals surface area contributed by atoms with Gasteiger partial charge in [-0.2, -0.15) is 0 Å². The number of nitrogens with zero attached hydrogens (tertiary/aromatic N) is 1. The molecule has 1 aliphatic rings. The van der Waals surface area contributed by atoms with Gasteiger partial charge in [0.2, 0.25) is 11.8 Å². The maximum Gasteiger partial charge on any atom is 0.247 e. The molecule has 1 saturated heterocycles. The molecule has 0 bridgehead atoms. The molecule has 5 nitrogen and oxygen atoms in total. The molecule has 1 atom stereocenters. The number of hydrogen-bond acceptors (Lipinski definition) is 3. The highest BCUT2D eigenvalue weighted by molar-refractivity contribution is 6.35. The number of likely N-dealkylation sites (tertiary alicyclic amines) is 1. The van der Waals surface area contributed by atoms with Gasteiger partial charge in [-0.05, 0) is 44.5 Å². The monoisotopic (exact) mass is 393 g/mol. The van der Waals surface area contributed by atoms with Gasteiger partial charge in [-0.15, -0.1) is 12.4 Å². The van der Waals surface area contributed by atoms with Crippen LogP contribution in [0.2, 0.25) is 10.0 Å². The van der Waals surface area contributed by atoms with Gasteiger partial charge in [-0.1, -0.05) is 23.2 Å². The molecule has 1 unspecified atom stereocenters. The van der Waals surface area contributed by atoms with Crippen molar-refractivity contribution in [3.05, 3.63) is 28.2 Å². The van der Waals surface area contributed by atoms with Crippen LogP contribution < -0.4 is 10.6 Å². The average molecular weight is 395 g/mol. The van der Waals surface area contributed by atoms with Gasteiger partial charge in [0.25, 0.3) is 0 Å². The van der Waals surface area contributed by atoms with Crippen molar-refractivity contribution in [2.24, 2.45) is 0 Å². The first-order valence-corrected chi connectivity index (χ1v) is 8.48. The number of nitrogens with one attached hydrogen (secondary N) is 2. The fourth-order valence-electron chi connectivity index (χ4n) is 2.69. The molecule has 1 aliphatic heterocycles. The van der Waals surface area contributed by atoms with Crippen molar-refractivity contribution < 1.29 is 9.59 Å². The molecule has 8 heteroatoms. The molecular formula is C16H22Cl3N3O2. The van der Waals surface area contributed by atoms with Gasteiger partial charge in [0, 0.05) is 24.5 Å². The molecule has 1 fully saturated rings. The predicted molar refractivity (Wildman–Crippen MR) is 100 cm³/mol. The van der Waals surface area contributed by atoms with E-state index < -0.39 is 6.04 Å². The highest BCUT2D eigenvalue weighted by atomic mass is 35.5. The number of anilines is 1. The maximum absolute atomic E-state index is 12.6. The second-order valence-electron chi connectivity index (χ2n) is 5.57. The summed E-state index contributed by atoms with van der Waals surface area (Å²) in [6.07, 6.45) is 2.90. The van der Waals surface area contributed by atoms with E-state index in [1.807, 2.05) is 0 Å². The summed E-state index contributed by atoms with van der Waals surface area (Å²) in [5.74, 6) is -0.219. The summed E-state index contributed by atoms with van der Waals surface area (Å²) in [6, 6.07) is 4.45. The summed E-state index contributed by atoms with van der Waals surface area (Å²) in [4.78, 5) is 26.6. The highest BCUT2D eigenvalue weighted by Crippen LogP contribution is 2.27. The Labute approximate surface area is 158 Å². The Balaban J connectivity index is 0.00000288. The van der Waals surface area contributed by atoms with Gasteiger partial charge in [0.05, 0.1) is 10.7 Å². The van der Waals surface area contributed by atoms with E-state index in [1.54, 1.807) is 30.1 Å². The fourth-order valence-corrected chi connectivity index (χ4v) is 3.02. The molecule has 1 aromatic carbocycles. The van der Waals surface area contributed by atoms with Crippen LogP contribution in [0.15, 0.2) is 18.2 Å². The Hall–Kier alpha value is -1.01. The van der Waals surface area contributed by atoms with E-state index in [2.05, 4.69) is 10.6 Å². The van der Waals surface area contributed by atoms with Gasteiger partial charge in [-0.3, -0.25) is 9.59 Å². The molecular weight excluding hydrogens is 373 g/mol. The third kappa shape index (κ3) is 5.52. The van der Waals surface area contributed by atoms with Crippen molar-refractivity contribution in [2.75, 3.05) is 25.5 Å². The number of benzene rings is 1. The molecule has 0 spiro atoms. The van der Waals surface area contributed by atoms with Gasteiger partial charge in [0.1, 0.15) is 6.04 Å². The van der Waals surface area contributed by atoms with Crippen molar-refractivity contribution >= 4 is 53.1 Å². The normalized spacial score (nSPS) is 17.1. The zero-order valence-corrected chi connectivity index (χ0v) is 15.8. The van der Waals surface area contributed by atoms with Gasteiger partial charge in [0.15, 0.2) is 0 Å². The maximum atomic E-state index is 12.6. The molecule has 0 radical (unpaired) electrons. The van der Waals surface area contributed by atoms with Crippen molar-refractivity contribution in [2.45, 2.75) is 31.7 Å². The molecule has 1 heterocycles. The zero-order valence-electron chi connectivity index (χ0n) is 13.5. The van der Waals surface area contributed by atoms with E-state index in [9.17, 15) is 9.59 Å². The van der Waals surface area contributed by atoms with Crippen molar-refractivity contribution in [1.29, 1.82) is 0 Å². The highest BCUT2D eigenvalue weighted by Gasteiger charge is 2.31. The van der Waals surface area contributed by atoms with Crippen LogP contribution in [-0.2, 0) is 9.59 Å². The Morgan fingerprint density at radius 2 is 2.04 bits per heavy atom. The minimum atomic E-state index is -0.455. The van der Waals surface area contributed by atoms with Crippen LogP contribution in [0.4, 0.5) is 5.69 Å². The molecule has 0 aliphatic carbocycles. The molecule has 1 aromatic rings. The number of carbonyl (C=O) groups excluding carboxylic acids is 2. The minimum Gasteiger partial charge on any atom is -0.331 e. The van der Waals surface area contributed by atoms with E-state index in [1.165, 1.54) is 0 Å². The number of halogens is 3. The Morgan fingerprint density at radius 3 is 2.75 bits per heavy atom. The van der Waals surface area contributed by atoms with Crippen LogP contribution in [0, 0.1) is 0 Å². The van der Waals surface area contributed by atoms with Crippen molar-refractivity contribution in [1.82, 2.24) is 10.2 Å². The minimum absolute atomic E-state index is 0. The molecule has 2 N–H and O–H groups in total. The summed E-state index contributed by atoms with van der Waals surface area (Å²) < 4.78 is 0. The number of piperidine rings is 1. The molecule has 134 valence electrons. The Bertz CT molecular complexity index is 584. The summed E-state index contributed by atoms with van der Waals surface area (Å²) in [5.41, 5.74) is 0.470. The fraction of sp³-hybridized carbons (Fsp3) is 0.500. The lowest BCUT2D eigenvalue weighted by Gasteiger charge is -2.35. The third-order valence-corrected chi connectivity index (χ3v) is 4.47. The van der Waals surface area contributed by atoms with E-state index >= 15 is 0 Å². The second-order valence-corrected chi connectivity index (χ2v) is 6.41. The molecule has 2 amide bonds. The van der Waals surface area contributed by atoms with E-state index in [4.69, 9.17) is 23.2 Å². The first-order chi connectivity index (χ1) is 11.0. The Morgan fingerprint density at radius 1 is 1.29 bits per heavy atom. The summed E-state index contributed by atoms with van der Waals surface area (Å²) in [7, 11) is 1.80. The number of amides is 2. The lowest BCUT2D eigenvalue weighted by molar-refractivity contribution is -0.140. The standard InChI is InChI=1S/C16H21Cl2N3O2.ClH/c1-19-8-7-15(22)21-9-3-2-4-14(21)16(23)20-13-10-11(17)5-6-12(13)18;/h5-6,10,14,19H,2-4,7-9H2,1H3,(H,20,23);1H. The summed E-state index contributed by atoms with van der Waals surface area (Å²) >= 11 is 12.0. The van der Waals surface area contributed by atoms with Gasteiger partial charge < -0.3 is 15.5 Å². The number of hydrogen-bond donors (Lipinski definition) is 2.